The summed E-state index contributed by atoms with van der Waals surface area (Å²) < 4.78 is 7.61. The molecule has 0 aliphatic carbocycles. The number of halogens is 3. The number of anilines is 1. The smallest absolute Gasteiger partial charge is 0.413 e. The Bertz CT molecular complexity index is 572. The molecule has 1 heterocycles. The van der Waals surface area contributed by atoms with Crippen molar-refractivity contribution in [1.82, 2.24) is 4.98 Å². The lowest BCUT2D eigenvalue weighted by atomic mass is 10.3. The Balaban J connectivity index is 2.68. The average molecular weight is 391 g/mol. The lowest BCUT2D eigenvalue weighted by Crippen LogP contribution is -2.21. The minimum Gasteiger partial charge on any atom is -0.461 e. The number of carbonyl (C=O) groups excluding carboxylic acids is 2. The Morgan fingerprint density at radius 3 is 2.68 bits per heavy atom. The van der Waals surface area contributed by atoms with Crippen LogP contribution in [0.1, 0.15) is 12.6 Å². The number of nitrogens with one attached hydrogen (secondary N) is 1. The molecular formula is C10H10Cl3N3O5S. The summed E-state index contributed by atoms with van der Waals surface area (Å²) in [5, 5.41) is 15.4. The van der Waals surface area contributed by atoms with Crippen LogP contribution in [0.25, 0.3) is 0 Å². The van der Waals surface area contributed by atoms with E-state index in [0.717, 1.165) is 11.3 Å². The number of oxime groups is 1. The second kappa shape index (κ2) is 8.37. The van der Waals surface area contributed by atoms with Gasteiger partial charge in [0.2, 0.25) is 9.50 Å². The first-order chi connectivity index (χ1) is 10.3. The van der Waals surface area contributed by atoms with Gasteiger partial charge in [0.25, 0.3) is 0 Å². The Morgan fingerprint density at radius 1 is 1.45 bits per heavy atom. The van der Waals surface area contributed by atoms with Gasteiger partial charge in [0.05, 0.1) is 6.61 Å². The zero-order valence-corrected chi connectivity index (χ0v) is 14.1. The maximum Gasteiger partial charge on any atom is 0.413 e. The monoisotopic (exact) mass is 389 g/mol. The van der Waals surface area contributed by atoms with Gasteiger partial charge in [-0.25, -0.2) is 14.6 Å². The lowest BCUT2D eigenvalue weighted by Gasteiger charge is -2.10. The molecule has 0 atom stereocenters. The van der Waals surface area contributed by atoms with Crippen LogP contribution in [0, 0.1) is 0 Å². The molecule has 0 aliphatic rings. The van der Waals surface area contributed by atoms with Crippen molar-refractivity contribution in [1.29, 1.82) is 0 Å². The fourth-order valence-electron chi connectivity index (χ4n) is 1.11. The molecule has 22 heavy (non-hydrogen) atoms. The van der Waals surface area contributed by atoms with Gasteiger partial charge < -0.3 is 14.7 Å². The largest absolute Gasteiger partial charge is 0.461 e. The summed E-state index contributed by atoms with van der Waals surface area (Å²) in [6.07, 6.45) is -0.897. The van der Waals surface area contributed by atoms with Crippen molar-refractivity contribution >= 4 is 69.0 Å². The summed E-state index contributed by atoms with van der Waals surface area (Å²) >= 11 is 17.3. The van der Waals surface area contributed by atoms with Crippen LogP contribution in [0.3, 0.4) is 0 Å². The fourth-order valence-corrected chi connectivity index (χ4v) is 1.95. The zero-order valence-electron chi connectivity index (χ0n) is 11.0. The Morgan fingerprint density at radius 2 is 2.14 bits per heavy atom. The van der Waals surface area contributed by atoms with Gasteiger partial charge in [0.1, 0.15) is 12.3 Å². The van der Waals surface area contributed by atoms with Crippen LogP contribution in [0.15, 0.2) is 10.5 Å². The normalized spacial score (nSPS) is 11.9. The highest BCUT2D eigenvalue weighted by Gasteiger charge is 2.23. The number of aromatic nitrogens is 1. The highest BCUT2D eigenvalue weighted by atomic mass is 35.6. The number of esters is 1. The second-order valence-electron chi connectivity index (χ2n) is 3.52. The molecule has 1 aromatic rings. The molecule has 12 heteroatoms. The topological polar surface area (TPSA) is 110 Å². The zero-order chi connectivity index (χ0) is 16.8. The molecule has 0 saturated heterocycles. The number of amides is 1. The van der Waals surface area contributed by atoms with Gasteiger partial charge in [-0.05, 0) is 6.92 Å². The predicted octanol–water partition coefficient (Wildman–Crippen LogP) is 2.80. The molecule has 0 bridgehead atoms. The van der Waals surface area contributed by atoms with Crippen LogP contribution < -0.4 is 5.32 Å². The van der Waals surface area contributed by atoms with Crippen molar-refractivity contribution < 1.29 is 24.3 Å². The van der Waals surface area contributed by atoms with E-state index in [4.69, 9.17) is 44.7 Å². The molecule has 1 rings (SSSR count). The van der Waals surface area contributed by atoms with Crippen molar-refractivity contribution in [2.24, 2.45) is 5.16 Å². The van der Waals surface area contributed by atoms with E-state index in [2.05, 4.69) is 20.2 Å². The van der Waals surface area contributed by atoms with Crippen LogP contribution in [-0.2, 0) is 14.3 Å². The van der Waals surface area contributed by atoms with Gasteiger partial charge in [0, 0.05) is 5.38 Å². The summed E-state index contributed by atoms with van der Waals surface area (Å²) in [5.74, 6) is -0.847. The molecule has 0 aromatic carbocycles. The van der Waals surface area contributed by atoms with E-state index >= 15 is 0 Å². The van der Waals surface area contributed by atoms with E-state index < -0.39 is 22.5 Å². The van der Waals surface area contributed by atoms with Crippen molar-refractivity contribution in [2.75, 3.05) is 18.5 Å². The van der Waals surface area contributed by atoms with Crippen LogP contribution >= 0.6 is 46.1 Å². The maximum atomic E-state index is 11.5. The molecule has 122 valence electrons. The summed E-state index contributed by atoms with van der Waals surface area (Å²) in [6.45, 7) is 1.26. The van der Waals surface area contributed by atoms with Crippen molar-refractivity contribution in [3.63, 3.8) is 0 Å². The third kappa shape index (κ3) is 6.22. The number of rotatable bonds is 5. The van der Waals surface area contributed by atoms with E-state index in [1.54, 1.807) is 6.92 Å². The van der Waals surface area contributed by atoms with Gasteiger partial charge in [0.15, 0.2) is 5.13 Å². The maximum absolute atomic E-state index is 11.5. The summed E-state index contributed by atoms with van der Waals surface area (Å²) in [4.78, 5) is 26.8. The summed E-state index contributed by atoms with van der Waals surface area (Å²) in [7, 11) is 0. The molecule has 1 aromatic heterocycles. The molecule has 0 spiro atoms. The van der Waals surface area contributed by atoms with E-state index in [9.17, 15) is 9.59 Å². The van der Waals surface area contributed by atoms with Gasteiger partial charge in [-0.1, -0.05) is 40.0 Å². The molecule has 8 nitrogen and oxygen atoms in total. The number of carbonyl (C=O) groups is 2. The van der Waals surface area contributed by atoms with Crippen molar-refractivity contribution in [3.8, 4) is 0 Å². The highest BCUT2D eigenvalue weighted by molar-refractivity contribution is 7.14. The number of hydrogen-bond donors (Lipinski definition) is 2. The molecule has 0 aliphatic heterocycles. The Kier molecular flexibility index (Phi) is 7.14. The third-order valence-corrected chi connectivity index (χ3v) is 2.98. The lowest BCUT2D eigenvalue weighted by molar-refractivity contribution is -0.135. The van der Waals surface area contributed by atoms with Crippen LogP contribution in [0.4, 0.5) is 9.93 Å². The number of alkyl halides is 3. The Hall–Kier alpha value is -1.29. The minimum atomic E-state index is -1.73. The first kappa shape index (κ1) is 18.8. The van der Waals surface area contributed by atoms with Crippen molar-refractivity contribution in [3.05, 3.63) is 11.1 Å². The van der Waals surface area contributed by atoms with Crippen LogP contribution in [-0.4, -0.2) is 45.0 Å². The summed E-state index contributed by atoms with van der Waals surface area (Å²) in [5.41, 5.74) is -0.358. The van der Waals surface area contributed by atoms with Crippen molar-refractivity contribution in [2.45, 2.75) is 10.7 Å². The van der Waals surface area contributed by atoms with Gasteiger partial charge in [-0.2, -0.15) is 0 Å². The van der Waals surface area contributed by atoms with E-state index in [1.165, 1.54) is 5.38 Å². The molecule has 0 radical (unpaired) electrons. The van der Waals surface area contributed by atoms with E-state index in [1.807, 2.05) is 0 Å². The molecule has 0 unspecified atom stereocenters. The van der Waals surface area contributed by atoms with E-state index in [0.29, 0.717) is 0 Å². The third-order valence-electron chi connectivity index (χ3n) is 1.89. The predicted molar refractivity (Wildman–Crippen MR) is 82.3 cm³/mol. The number of thiazole rings is 1. The van der Waals surface area contributed by atoms with E-state index in [-0.39, 0.29) is 23.1 Å². The van der Waals surface area contributed by atoms with Gasteiger partial charge in [-0.15, -0.1) is 11.3 Å². The number of hydrogen-bond acceptors (Lipinski definition) is 8. The van der Waals surface area contributed by atoms with Gasteiger partial charge in [-0.3, -0.25) is 5.32 Å². The molecule has 0 fully saturated rings. The SMILES string of the molecule is CCOC(=O)/C(=N/O)c1csc(NC(=O)OCC(Cl)(Cl)Cl)n1. The molecule has 1 amide bonds. The minimum absolute atomic E-state index is 0.0302. The fraction of sp³-hybridized carbons (Fsp3) is 0.400. The van der Waals surface area contributed by atoms with Crippen LogP contribution in [0.2, 0.25) is 0 Å². The summed E-state index contributed by atoms with van der Waals surface area (Å²) in [6, 6.07) is 0. The molecule has 0 saturated carbocycles. The number of ether oxygens (including phenoxy) is 2. The molecular weight excluding hydrogens is 381 g/mol. The Labute approximate surface area is 143 Å². The van der Waals surface area contributed by atoms with Gasteiger partial charge >= 0.3 is 12.1 Å². The first-order valence-corrected chi connectivity index (χ1v) is 7.63. The second-order valence-corrected chi connectivity index (χ2v) is 6.90. The quantitative estimate of drug-likeness (QED) is 0.263. The highest BCUT2D eigenvalue weighted by Crippen LogP contribution is 2.26. The molecule has 2 N–H and O–H groups in total. The van der Waals surface area contributed by atoms with Crippen LogP contribution in [0.5, 0.6) is 0 Å². The average Bonchev–Trinajstić information content (AvgIpc) is 2.85. The number of nitrogens with zero attached hydrogens (tertiary/aromatic N) is 2. The first-order valence-electron chi connectivity index (χ1n) is 5.62. The standard InChI is InChI=1S/C10H10Cl3N3O5S/c1-2-20-7(17)6(16-19)5-3-22-8(14-5)15-9(18)21-4-10(11,12)13/h3,19H,2,4H2,1H3,(H,14,15,18)/b16-6+.